The van der Waals surface area contributed by atoms with E-state index in [-0.39, 0.29) is 45.1 Å². The van der Waals surface area contributed by atoms with Crippen molar-refractivity contribution in [3.8, 4) is 0 Å². The van der Waals surface area contributed by atoms with Crippen LogP contribution in [0.1, 0.15) is 22.3 Å². The average Bonchev–Trinajstić information content (AvgIpc) is 2.47. The van der Waals surface area contributed by atoms with Gasteiger partial charge < -0.3 is 20.4 Å². The van der Waals surface area contributed by atoms with E-state index in [4.69, 9.17) is 10.2 Å². The van der Waals surface area contributed by atoms with Gasteiger partial charge in [0.1, 0.15) is 0 Å². The first-order valence-corrected chi connectivity index (χ1v) is 6.93. The summed E-state index contributed by atoms with van der Waals surface area (Å²) in [6, 6.07) is 6.88. The minimum atomic E-state index is -0.394. The molecule has 6 nitrogen and oxygen atoms in total. The lowest BCUT2D eigenvalue weighted by molar-refractivity contribution is 0.0982. The molecule has 1 aromatic carbocycles. The van der Waals surface area contributed by atoms with Crippen LogP contribution in [0, 0.1) is 6.92 Å². The second-order valence-electron chi connectivity index (χ2n) is 4.71. The van der Waals surface area contributed by atoms with E-state index in [1.165, 1.54) is 4.90 Å². The standard InChI is InChI=1S/C15H22N2O4/c1-12-2-4-13(5-3-12)14(20)6-7-16-15(21)17(8-10-18)9-11-19/h2-5,18-19H,6-11H2,1H3,(H,16,21). The molecule has 0 bridgehead atoms. The number of aliphatic hydroxyl groups excluding tert-OH is 2. The molecule has 0 spiro atoms. The van der Waals surface area contributed by atoms with Crippen molar-refractivity contribution in [1.82, 2.24) is 10.2 Å². The van der Waals surface area contributed by atoms with Crippen molar-refractivity contribution >= 4 is 11.8 Å². The summed E-state index contributed by atoms with van der Waals surface area (Å²) in [6.07, 6.45) is 0.209. The van der Waals surface area contributed by atoms with Crippen LogP contribution in [-0.4, -0.2) is 59.8 Å². The Morgan fingerprint density at radius 2 is 1.67 bits per heavy atom. The van der Waals surface area contributed by atoms with E-state index in [0.29, 0.717) is 5.56 Å². The molecule has 0 unspecified atom stereocenters. The Bertz CT molecular complexity index is 453. The number of carbonyl (C=O) groups excluding carboxylic acids is 2. The first kappa shape index (κ1) is 17.1. The van der Waals surface area contributed by atoms with Crippen LogP contribution < -0.4 is 5.32 Å². The Balaban J connectivity index is 2.39. The number of nitrogens with one attached hydrogen (secondary N) is 1. The molecule has 0 aliphatic rings. The molecule has 0 aliphatic heterocycles. The average molecular weight is 294 g/mol. The van der Waals surface area contributed by atoms with Crippen LogP contribution in [0.5, 0.6) is 0 Å². The van der Waals surface area contributed by atoms with Crippen molar-refractivity contribution in [1.29, 1.82) is 0 Å². The fraction of sp³-hybridized carbons (Fsp3) is 0.467. The van der Waals surface area contributed by atoms with E-state index in [1.807, 2.05) is 19.1 Å². The summed E-state index contributed by atoms with van der Waals surface area (Å²) < 4.78 is 0. The van der Waals surface area contributed by atoms with Gasteiger partial charge in [0, 0.05) is 31.6 Å². The van der Waals surface area contributed by atoms with Gasteiger partial charge in [-0.2, -0.15) is 0 Å². The number of hydrogen-bond donors (Lipinski definition) is 3. The maximum Gasteiger partial charge on any atom is 0.317 e. The highest BCUT2D eigenvalue weighted by atomic mass is 16.3. The second-order valence-corrected chi connectivity index (χ2v) is 4.71. The summed E-state index contributed by atoms with van der Waals surface area (Å²) in [5.74, 6) is -0.0360. The Morgan fingerprint density at radius 3 is 2.19 bits per heavy atom. The summed E-state index contributed by atoms with van der Waals surface area (Å²) in [5.41, 5.74) is 1.71. The maximum atomic E-state index is 11.9. The Hall–Kier alpha value is -1.92. The van der Waals surface area contributed by atoms with Gasteiger partial charge in [-0.15, -0.1) is 0 Å². The van der Waals surface area contributed by atoms with Crippen LogP contribution in [0.2, 0.25) is 0 Å². The van der Waals surface area contributed by atoms with Crippen molar-refractivity contribution < 1.29 is 19.8 Å². The van der Waals surface area contributed by atoms with Gasteiger partial charge in [-0.05, 0) is 6.92 Å². The first-order chi connectivity index (χ1) is 10.1. The number of aliphatic hydroxyl groups is 2. The fourth-order valence-electron chi connectivity index (χ4n) is 1.83. The summed E-state index contributed by atoms with van der Waals surface area (Å²) in [6.45, 7) is 2.13. The van der Waals surface area contributed by atoms with Gasteiger partial charge >= 0.3 is 6.03 Å². The Labute approximate surface area is 124 Å². The van der Waals surface area contributed by atoms with E-state index in [9.17, 15) is 9.59 Å². The Kier molecular flexibility index (Phi) is 7.42. The SMILES string of the molecule is Cc1ccc(C(=O)CCNC(=O)N(CCO)CCO)cc1. The molecule has 0 fully saturated rings. The zero-order valence-electron chi connectivity index (χ0n) is 12.2. The molecular weight excluding hydrogens is 272 g/mol. The maximum absolute atomic E-state index is 11.9. The highest BCUT2D eigenvalue weighted by Gasteiger charge is 2.12. The van der Waals surface area contributed by atoms with Gasteiger partial charge in [0.15, 0.2) is 5.78 Å². The van der Waals surface area contributed by atoms with Gasteiger partial charge in [-0.25, -0.2) is 4.79 Å². The van der Waals surface area contributed by atoms with Gasteiger partial charge in [0.2, 0.25) is 0 Å². The molecule has 0 saturated carbocycles. The van der Waals surface area contributed by atoms with Crippen molar-refractivity contribution in [3.05, 3.63) is 35.4 Å². The van der Waals surface area contributed by atoms with Gasteiger partial charge in [-0.3, -0.25) is 4.79 Å². The molecule has 116 valence electrons. The highest BCUT2D eigenvalue weighted by Crippen LogP contribution is 2.05. The number of Topliss-reactive ketones (excluding diaryl/α,β-unsaturated/α-hetero) is 1. The zero-order valence-corrected chi connectivity index (χ0v) is 12.2. The van der Waals surface area contributed by atoms with Crippen LogP contribution in [0.3, 0.4) is 0 Å². The molecule has 1 rings (SSSR count). The van der Waals surface area contributed by atoms with Crippen LogP contribution in [-0.2, 0) is 0 Å². The smallest absolute Gasteiger partial charge is 0.317 e. The van der Waals surface area contributed by atoms with Crippen LogP contribution in [0.15, 0.2) is 24.3 Å². The number of hydrogen-bond acceptors (Lipinski definition) is 4. The van der Waals surface area contributed by atoms with Crippen LogP contribution >= 0.6 is 0 Å². The first-order valence-electron chi connectivity index (χ1n) is 6.93. The van der Waals surface area contributed by atoms with Gasteiger partial charge in [0.05, 0.1) is 13.2 Å². The molecule has 0 radical (unpaired) electrons. The lowest BCUT2D eigenvalue weighted by atomic mass is 10.1. The van der Waals surface area contributed by atoms with E-state index in [0.717, 1.165) is 5.56 Å². The molecule has 0 aliphatic carbocycles. The molecule has 1 aromatic rings. The number of benzene rings is 1. The van der Waals surface area contributed by atoms with E-state index < -0.39 is 6.03 Å². The molecule has 6 heteroatoms. The number of carbonyl (C=O) groups is 2. The van der Waals surface area contributed by atoms with Crippen LogP contribution in [0.25, 0.3) is 0 Å². The minimum Gasteiger partial charge on any atom is -0.395 e. The topological polar surface area (TPSA) is 89.9 Å². The lowest BCUT2D eigenvalue weighted by Crippen LogP contribution is -2.43. The third-order valence-corrected chi connectivity index (χ3v) is 3.03. The quantitative estimate of drug-likeness (QED) is 0.611. The third-order valence-electron chi connectivity index (χ3n) is 3.03. The normalized spacial score (nSPS) is 10.2. The number of ketones is 1. The van der Waals surface area contributed by atoms with Crippen molar-refractivity contribution in [2.45, 2.75) is 13.3 Å². The number of urea groups is 1. The van der Waals surface area contributed by atoms with Crippen molar-refractivity contribution in [2.24, 2.45) is 0 Å². The fourth-order valence-corrected chi connectivity index (χ4v) is 1.83. The van der Waals surface area contributed by atoms with Crippen molar-refractivity contribution in [3.63, 3.8) is 0 Å². The summed E-state index contributed by atoms with van der Waals surface area (Å²) in [4.78, 5) is 25.0. The van der Waals surface area contributed by atoms with E-state index in [1.54, 1.807) is 12.1 Å². The molecule has 21 heavy (non-hydrogen) atoms. The molecule has 0 heterocycles. The summed E-state index contributed by atoms with van der Waals surface area (Å²) in [7, 11) is 0. The molecule has 2 amide bonds. The molecule has 3 N–H and O–H groups in total. The number of aryl methyl sites for hydroxylation is 1. The van der Waals surface area contributed by atoms with Crippen LogP contribution in [0.4, 0.5) is 4.79 Å². The number of amides is 2. The predicted octanol–water partition coefficient (Wildman–Crippen LogP) is 0.564. The highest BCUT2D eigenvalue weighted by molar-refractivity contribution is 5.96. The van der Waals surface area contributed by atoms with Gasteiger partial charge in [0.25, 0.3) is 0 Å². The molecular formula is C15H22N2O4. The molecule has 0 saturated heterocycles. The predicted molar refractivity (Wildman–Crippen MR) is 79.3 cm³/mol. The third kappa shape index (κ3) is 5.93. The van der Waals surface area contributed by atoms with Crippen molar-refractivity contribution in [2.75, 3.05) is 32.8 Å². The Morgan fingerprint density at radius 1 is 1.10 bits per heavy atom. The van der Waals surface area contributed by atoms with E-state index >= 15 is 0 Å². The molecule has 0 atom stereocenters. The summed E-state index contributed by atoms with van der Waals surface area (Å²) in [5, 5.41) is 20.3. The minimum absolute atomic E-state index is 0.0360. The second kappa shape index (κ2) is 9.10. The summed E-state index contributed by atoms with van der Waals surface area (Å²) >= 11 is 0. The number of nitrogens with zero attached hydrogens (tertiary/aromatic N) is 1. The number of rotatable bonds is 8. The molecule has 0 aromatic heterocycles. The van der Waals surface area contributed by atoms with E-state index in [2.05, 4.69) is 5.32 Å². The largest absolute Gasteiger partial charge is 0.395 e. The monoisotopic (exact) mass is 294 g/mol. The van der Waals surface area contributed by atoms with Gasteiger partial charge in [-0.1, -0.05) is 29.8 Å². The lowest BCUT2D eigenvalue weighted by Gasteiger charge is -2.20. The zero-order chi connectivity index (χ0) is 15.7.